The van der Waals surface area contributed by atoms with Crippen molar-refractivity contribution in [3.63, 3.8) is 0 Å². The Hall–Kier alpha value is -1.40. The number of anilines is 1. The zero-order valence-electron chi connectivity index (χ0n) is 10.0. The highest BCUT2D eigenvalue weighted by atomic mass is 79.9. The van der Waals surface area contributed by atoms with Gasteiger partial charge in [0.1, 0.15) is 10.7 Å². The third-order valence-corrected chi connectivity index (χ3v) is 4.55. The summed E-state index contributed by atoms with van der Waals surface area (Å²) in [5, 5.41) is 0. The second-order valence-corrected chi connectivity index (χ2v) is 6.52. The zero-order chi connectivity index (χ0) is 14.0. The Morgan fingerprint density at radius 3 is 2.47 bits per heavy atom. The van der Waals surface area contributed by atoms with E-state index in [2.05, 4.69) is 20.7 Å². The molecule has 2 aromatic carbocycles. The van der Waals surface area contributed by atoms with Gasteiger partial charge in [-0.2, -0.15) is 0 Å². The van der Waals surface area contributed by atoms with Gasteiger partial charge in [-0.15, -0.1) is 0 Å². The van der Waals surface area contributed by atoms with Crippen LogP contribution >= 0.6 is 15.9 Å². The van der Waals surface area contributed by atoms with Crippen LogP contribution in [-0.2, 0) is 10.0 Å². The summed E-state index contributed by atoms with van der Waals surface area (Å²) in [6, 6.07) is 10.4. The maximum atomic E-state index is 13.5. The molecule has 0 atom stereocenters. The largest absolute Gasteiger partial charge is 0.278 e. The van der Waals surface area contributed by atoms with E-state index in [0.717, 1.165) is 11.6 Å². The lowest BCUT2D eigenvalue weighted by Gasteiger charge is -2.10. The fourth-order valence-corrected chi connectivity index (χ4v) is 3.45. The van der Waals surface area contributed by atoms with Crippen molar-refractivity contribution in [1.82, 2.24) is 0 Å². The van der Waals surface area contributed by atoms with Crippen molar-refractivity contribution in [2.75, 3.05) is 4.72 Å². The molecule has 0 radical (unpaired) electrons. The highest BCUT2D eigenvalue weighted by Crippen LogP contribution is 2.26. The molecular weight excluding hydrogens is 333 g/mol. The Balaban J connectivity index is 2.40. The Morgan fingerprint density at radius 1 is 1.16 bits per heavy atom. The van der Waals surface area contributed by atoms with E-state index in [0.29, 0.717) is 10.2 Å². The summed E-state index contributed by atoms with van der Waals surface area (Å²) in [7, 11) is -3.93. The molecule has 6 heteroatoms. The fourth-order valence-electron chi connectivity index (χ4n) is 1.57. The molecule has 1 N–H and O–H groups in total. The van der Waals surface area contributed by atoms with Crippen molar-refractivity contribution >= 4 is 31.6 Å². The molecule has 19 heavy (non-hydrogen) atoms. The van der Waals surface area contributed by atoms with Gasteiger partial charge in [0.25, 0.3) is 10.0 Å². The minimum absolute atomic E-state index is 0.369. The third kappa shape index (κ3) is 3.13. The zero-order valence-corrected chi connectivity index (χ0v) is 12.4. The quantitative estimate of drug-likeness (QED) is 0.923. The molecule has 0 bridgehead atoms. The first-order valence-electron chi connectivity index (χ1n) is 5.43. The number of hydrogen-bond donors (Lipinski definition) is 1. The maximum Gasteiger partial charge on any atom is 0.264 e. The van der Waals surface area contributed by atoms with Crippen molar-refractivity contribution in [2.45, 2.75) is 11.8 Å². The number of nitrogens with one attached hydrogen (secondary N) is 1. The number of aryl methyl sites for hydroxylation is 1. The van der Waals surface area contributed by atoms with Crippen molar-refractivity contribution < 1.29 is 12.8 Å². The van der Waals surface area contributed by atoms with Gasteiger partial charge < -0.3 is 0 Å². The van der Waals surface area contributed by atoms with Crippen molar-refractivity contribution in [1.29, 1.82) is 0 Å². The molecule has 100 valence electrons. The SMILES string of the molecule is Cc1ccc(NS(=O)(=O)c2ccccc2F)c(Br)c1. The summed E-state index contributed by atoms with van der Waals surface area (Å²) in [6.07, 6.45) is 0. The summed E-state index contributed by atoms with van der Waals surface area (Å²) in [4.78, 5) is -0.373. The number of rotatable bonds is 3. The first kappa shape index (κ1) is 14.0. The predicted octanol–water partition coefficient (Wildman–Crippen LogP) is 3.70. The average Bonchev–Trinajstić information content (AvgIpc) is 2.33. The van der Waals surface area contributed by atoms with E-state index in [-0.39, 0.29) is 4.90 Å². The van der Waals surface area contributed by atoms with Gasteiger partial charge in [-0.05, 0) is 52.7 Å². The number of sulfonamides is 1. The van der Waals surface area contributed by atoms with E-state index in [9.17, 15) is 12.8 Å². The van der Waals surface area contributed by atoms with Crippen LogP contribution in [0.2, 0.25) is 0 Å². The number of benzene rings is 2. The average molecular weight is 344 g/mol. The minimum atomic E-state index is -3.93. The van der Waals surface area contributed by atoms with E-state index in [1.165, 1.54) is 18.2 Å². The van der Waals surface area contributed by atoms with Crippen molar-refractivity contribution in [2.24, 2.45) is 0 Å². The summed E-state index contributed by atoms with van der Waals surface area (Å²) < 4.78 is 40.7. The molecule has 0 amide bonds. The van der Waals surface area contributed by atoms with Gasteiger partial charge in [-0.1, -0.05) is 18.2 Å². The Labute approximate surface area is 119 Å². The van der Waals surface area contributed by atoms with Crippen LogP contribution in [0.1, 0.15) is 5.56 Å². The lowest BCUT2D eigenvalue weighted by atomic mass is 10.2. The van der Waals surface area contributed by atoms with Gasteiger partial charge in [0.15, 0.2) is 0 Å². The molecule has 2 rings (SSSR count). The highest BCUT2D eigenvalue weighted by molar-refractivity contribution is 9.10. The highest BCUT2D eigenvalue weighted by Gasteiger charge is 2.19. The molecule has 0 aliphatic heterocycles. The molecule has 0 spiro atoms. The second kappa shape index (κ2) is 5.30. The lowest BCUT2D eigenvalue weighted by molar-refractivity contribution is 0.570. The molecule has 0 saturated carbocycles. The number of hydrogen-bond acceptors (Lipinski definition) is 2. The molecule has 3 nitrogen and oxygen atoms in total. The summed E-state index contributed by atoms with van der Waals surface area (Å²) in [5.41, 5.74) is 1.36. The van der Waals surface area contributed by atoms with E-state index in [1.54, 1.807) is 18.2 Å². The normalized spacial score (nSPS) is 11.3. The summed E-state index contributed by atoms with van der Waals surface area (Å²) in [6.45, 7) is 1.89. The Morgan fingerprint density at radius 2 is 1.84 bits per heavy atom. The summed E-state index contributed by atoms with van der Waals surface area (Å²) >= 11 is 3.27. The van der Waals surface area contributed by atoms with Gasteiger partial charge in [0.2, 0.25) is 0 Å². The lowest BCUT2D eigenvalue weighted by Crippen LogP contribution is -2.14. The van der Waals surface area contributed by atoms with Crippen LogP contribution in [0.5, 0.6) is 0 Å². The minimum Gasteiger partial charge on any atom is -0.278 e. The van der Waals surface area contributed by atoms with Crippen LogP contribution < -0.4 is 4.72 Å². The summed E-state index contributed by atoms with van der Waals surface area (Å²) in [5.74, 6) is -0.779. The fraction of sp³-hybridized carbons (Fsp3) is 0.0769. The van der Waals surface area contributed by atoms with Crippen LogP contribution in [0, 0.1) is 12.7 Å². The smallest absolute Gasteiger partial charge is 0.264 e. The molecule has 0 fully saturated rings. The molecule has 0 aliphatic rings. The van der Waals surface area contributed by atoms with Crippen LogP contribution in [0.4, 0.5) is 10.1 Å². The van der Waals surface area contributed by atoms with Crippen LogP contribution in [-0.4, -0.2) is 8.42 Å². The van der Waals surface area contributed by atoms with Crippen LogP contribution in [0.25, 0.3) is 0 Å². The monoisotopic (exact) mass is 343 g/mol. The van der Waals surface area contributed by atoms with Crippen molar-refractivity contribution in [3.8, 4) is 0 Å². The van der Waals surface area contributed by atoms with Crippen LogP contribution in [0.3, 0.4) is 0 Å². The van der Waals surface area contributed by atoms with Crippen molar-refractivity contribution in [3.05, 3.63) is 58.3 Å². The Bertz CT molecular complexity index is 716. The van der Waals surface area contributed by atoms with E-state index in [1.807, 2.05) is 6.92 Å². The topological polar surface area (TPSA) is 46.2 Å². The second-order valence-electron chi connectivity index (χ2n) is 4.02. The molecule has 0 aliphatic carbocycles. The van der Waals surface area contributed by atoms with E-state index >= 15 is 0 Å². The van der Waals surface area contributed by atoms with Gasteiger partial charge >= 0.3 is 0 Å². The number of halogens is 2. The molecule has 0 heterocycles. The van der Waals surface area contributed by atoms with Gasteiger partial charge in [-0.3, -0.25) is 4.72 Å². The standard InChI is InChI=1S/C13H11BrFNO2S/c1-9-6-7-12(10(14)8-9)16-19(17,18)13-5-3-2-4-11(13)15/h2-8,16H,1H3. The predicted molar refractivity (Wildman–Crippen MR) is 76.1 cm³/mol. The van der Waals surface area contributed by atoms with Gasteiger partial charge in [0.05, 0.1) is 5.69 Å². The molecule has 0 aromatic heterocycles. The van der Waals surface area contributed by atoms with E-state index < -0.39 is 15.8 Å². The molecule has 0 unspecified atom stereocenters. The first-order valence-corrected chi connectivity index (χ1v) is 7.71. The van der Waals surface area contributed by atoms with Gasteiger partial charge in [0, 0.05) is 4.47 Å². The molecule has 0 saturated heterocycles. The van der Waals surface area contributed by atoms with Gasteiger partial charge in [-0.25, -0.2) is 12.8 Å². The maximum absolute atomic E-state index is 13.5. The van der Waals surface area contributed by atoms with Crippen LogP contribution in [0.15, 0.2) is 51.8 Å². The molecular formula is C13H11BrFNO2S. The third-order valence-electron chi connectivity index (χ3n) is 2.50. The molecule has 2 aromatic rings. The first-order chi connectivity index (χ1) is 8.90. The Kier molecular flexibility index (Phi) is 3.91. The van der Waals surface area contributed by atoms with E-state index in [4.69, 9.17) is 0 Å².